The van der Waals surface area contributed by atoms with E-state index in [0.29, 0.717) is 18.0 Å². The Balaban J connectivity index is 2.38. The smallest absolute Gasteiger partial charge is 0.307 e. The summed E-state index contributed by atoms with van der Waals surface area (Å²) in [5.74, 6) is -1.16. The molecular weight excluding hydrogens is 254 g/mol. The molecule has 1 heterocycles. The lowest BCUT2D eigenvalue weighted by atomic mass is 9.93. The summed E-state index contributed by atoms with van der Waals surface area (Å²) < 4.78 is 0. The van der Waals surface area contributed by atoms with Gasteiger partial charge in [0.05, 0.1) is 10.9 Å². The van der Waals surface area contributed by atoms with Gasteiger partial charge in [-0.1, -0.05) is 11.6 Å². The maximum Gasteiger partial charge on any atom is 0.307 e. The molecule has 2 atom stereocenters. The number of aryl methyl sites for hydroxylation is 1. The van der Waals surface area contributed by atoms with Crippen LogP contribution in [0.4, 0.5) is 0 Å². The number of phenols is 1. The number of hydrogen-bond donors (Lipinski definition) is 3. The van der Waals surface area contributed by atoms with Crippen molar-refractivity contribution in [2.45, 2.75) is 26.3 Å². The van der Waals surface area contributed by atoms with Crippen molar-refractivity contribution in [2.24, 2.45) is 5.92 Å². The van der Waals surface area contributed by atoms with E-state index >= 15 is 0 Å². The van der Waals surface area contributed by atoms with Crippen molar-refractivity contribution < 1.29 is 15.0 Å². The van der Waals surface area contributed by atoms with E-state index < -0.39 is 11.9 Å². The minimum absolute atomic E-state index is 0.0586. The normalized spacial score (nSPS) is 23.3. The summed E-state index contributed by atoms with van der Waals surface area (Å²) >= 11 is 5.97. The SMILES string of the molecule is Cc1cc(Cl)c(O)c(C2CC(C(=O)O)CN2)c1C. The Morgan fingerprint density at radius 2 is 2.17 bits per heavy atom. The molecule has 0 spiro atoms. The van der Waals surface area contributed by atoms with Gasteiger partial charge in [0.2, 0.25) is 0 Å². The molecule has 1 aromatic rings. The van der Waals surface area contributed by atoms with Crippen LogP contribution < -0.4 is 5.32 Å². The van der Waals surface area contributed by atoms with E-state index in [4.69, 9.17) is 16.7 Å². The van der Waals surface area contributed by atoms with E-state index in [0.717, 1.165) is 16.7 Å². The second kappa shape index (κ2) is 4.78. The zero-order chi connectivity index (χ0) is 13.4. The molecule has 0 aliphatic carbocycles. The first kappa shape index (κ1) is 13.2. The number of carboxylic acids is 1. The summed E-state index contributed by atoms with van der Waals surface area (Å²) in [6.45, 7) is 4.26. The number of halogens is 1. The molecule has 4 nitrogen and oxygen atoms in total. The number of rotatable bonds is 2. The lowest BCUT2D eigenvalue weighted by Gasteiger charge is -2.18. The highest BCUT2D eigenvalue weighted by molar-refractivity contribution is 6.32. The van der Waals surface area contributed by atoms with E-state index in [1.54, 1.807) is 6.07 Å². The van der Waals surface area contributed by atoms with Crippen molar-refractivity contribution in [3.8, 4) is 5.75 Å². The molecule has 18 heavy (non-hydrogen) atoms. The van der Waals surface area contributed by atoms with Gasteiger partial charge in [0.25, 0.3) is 0 Å². The largest absolute Gasteiger partial charge is 0.506 e. The quantitative estimate of drug-likeness (QED) is 0.771. The topological polar surface area (TPSA) is 69.6 Å². The van der Waals surface area contributed by atoms with Gasteiger partial charge in [-0.05, 0) is 37.5 Å². The maximum atomic E-state index is 11.0. The summed E-state index contributed by atoms with van der Waals surface area (Å²) in [7, 11) is 0. The number of carboxylic acid groups (broad SMARTS) is 1. The first-order valence-electron chi connectivity index (χ1n) is 5.86. The number of carbonyl (C=O) groups is 1. The first-order valence-corrected chi connectivity index (χ1v) is 6.24. The Hall–Kier alpha value is -1.26. The number of phenolic OH excluding ortho intramolecular Hbond substituents is 1. The Morgan fingerprint density at radius 1 is 1.50 bits per heavy atom. The van der Waals surface area contributed by atoms with Crippen molar-refractivity contribution >= 4 is 17.6 Å². The second-order valence-electron chi connectivity index (χ2n) is 4.79. The van der Waals surface area contributed by atoms with E-state index in [1.165, 1.54) is 0 Å². The van der Waals surface area contributed by atoms with Crippen LogP contribution in [0, 0.1) is 19.8 Å². The van der Waals surface area contributed by atoms with Crippen LogP contribution in [0.2, 0.25) is 5.02 Å². The second-order valence-corrected chi connectivity index (χ2v) is 5.20. The van der Waals surface area contributed by atoms with Crippen LogP contribution >= 0.6 is 11.6 Å². The van der Waals surface area contributed by atoms with Gasteiger partial charge in [-0.15, -0.1) is 0 Å². The van der Waals surface area contributed by atoms with Gasteiger partial charge in [0.15, 0.2) is 0 Å². The maximum absolute atomic E-state index is 11.0. The average Bonchev–Trinajstić information content (AvgIpc) is 2.76. The fraction of sp³-hybridized carbons (Fsp3) is 0.462. The van der Waals surface area contributed by atoms with Crippen molar-refractivity contribution in [1.82, 2.24) is 5.32 Å². The van der Waals surface area contributed by atoms with Gasteiger partial charge >= 0.3 is 5.97 Å². The monoisotopic (exact) mass is 269 g/mol. The van der Waals surface area contributed by atoms with Gasteiger partial charge in [-0.3, -0.25) is 4.79 Å². The predicted molar refractivity (Wildman–Crippen MR) is 69.1 cm³/mol. The van der Waals surface area contributed by atoms with Crippen LogP contribution in [0.5, 0.6) is 5.75 Å². The Kier molecular flexibility index (Phi) is 3.50. The van der Waals surface area contributed by atoms with Crippen molar-refractivity contribution in [2.75, 3.05) is 6.54 Å². The van der Waals surface area contributed by atoms with Gasteiger partial charge in [-0.2, -0.15) is 0 Å². The molecule has 2 rings (SSSR count). The molecule has 0 saturated carbocycles. The lowest BCUT2D eigenvalue weighted by molar-refractivity contribution is -0.141. The minimum atomic E-state index is -0.805. The Bertz CT molecular complexity index is 475. The highest BCUT2D eigenvalue weighted by Gasteiger charge is 2.33. The fourth-order valence-corrected chi connectivity index (χ4v) is 2.72. The summed E-state index contributed by atoms with van der Waals surface area (Å²) in [4.78, 5) is 11.0. The van der Waals surface area contributed by atoms with Crippen LogP contribution in [0.15, 0.2) is 6.07 Å². The van der Waals surface area contributed by atoms with Gasteiger partial charge in [-0.25, -0.2) is 0 Å². The standard InChI is InChI=1S/C13H16ClNO3/c1-6-3-9(14)12(16)11(7(6)2)10-4-8(5-15-10)13(17)18/h3,8,10,15-16H,4-5H2,1-2H3,(H,17,18). The third kappa shape index (κ3) is 2.18. The van der Waals surface area contributed by atoms with Crippen LogP contribution in [-0.2, 0) is 4.79 Å². The molecule has 3 N–H and O–H groups in total. The number of aromatic hydroxyl groups is 1. The molecule has 1 fully saturated rings. The minimum Gasteiger partial charge on any atom is -0.506 e. The van der Waals surface area contributed by atoms with Crippen LogP contribution in [0.25, 0.3) is 0 Å². The first-order chi connectivity index (χ1) is 8.41. The lowest BCUT2D eigenvalue weighted by Crippen LogP contribution is -2.17. The van der Waals surface area contributed by atoms with E-state index in [-0.39, 0.29) is 11.8 Å². The molecule has 98 valence electrons. The molecule has 5 heteroatoms. The summed E-state index contributed by atoms with van der Waals surface area (Å²) in [6.07, 6.45) is 0.476. The summed E-state index contributed by atoms with van der Waals surface area (Å²) in [5.41, 5.74) is 2.68. The van der Waals surface area contributed by atoms with E-state index in [2.05, 4.69) is 5.32 Å². The Labute approximate surface area is 111 Å². The highest BCUT2D eigenvalue weighted by Crippen LogP contribution is 2.40. The number of hydrogen-bond acceptors (Lipinski definition) is 3. The highest BCUT2D eigenvalue weighted by atomic mass is 35.5. The third-order valence-corrected chi connectivity index (χ3v) is 3.94. The molecule has 2 unspecified atom stereocenters. The molecule has 1 saturated heterocycles. The van der Waals surface area contributed by atoms with Gasteiger partial charge in [0.1, 0.15) is 5.75 Å². The summed E-state index contributed by atoms with van der Waals surface area (Å²) in [5, 5.41) is 22.5. The number of aliphatic carboxylic acids is 1. The van der Waals surface area contributed by atoms with Gasteiger partial charge < -0.3 is 15.5 Å². The molecule has 0 radical (unpaired) electrons. The Morgan fingerprint density at radius 3 is 2.72 bits per heavy atom. The molecule has 0 aromatic heterocycles. The van der Waals surface area contributed by atoms with Gasteiger partial charge in [0, 0.05) is 18.2 Å². The van der Waals surface area contributed by atoms with E-state index in [9.17, 15) is 9.90 Å². The van der Waals surface area contributed by atoms with E-state index in [1.807, 2.05) is 13.8 Å². The molecular formula is C13H16ClNO3. The van der Waals surface area contributed by atoms with Crippen LogP contribution in [0.3, 0.4) is 0 Å². The predicted octanol–water partition coefficient (Wildman–Crippen LogP) is 2.40. The molecule has 1 aliphatic rings. The van der Waals surface area contributed by atoms with Crippen LogP contribution in [0.1, 0.15) is 29.2 Å². The molecule has 0 bridgehead atoms. The fourth-order valence-electron chi connectivity index (χ4n) is 2.46. The van der Waals surface area contributed by atoms with Crippen molar-refractivity contribution in [1.29, 1.82) is 0 Å². The summed E-state index contributed by atoms with van der Waals surface area (Å²) in [6, 6.07) is 1.57. The van der Waals surface area contributed by atoms with Crippen LogP contribution in [-0.4, -0.2) is 22.7 Å². The number of benzene rings is 1. The zero-order valence-corrected chi connectivity index (χ0v) is 11.1. The average molecular weight is 270 g/mol. The zero-order valence-electron chi connectivity index (χ0n) is 10.3. The number of nitrogens with one attached hydrogen (secondary N) is 1. The van der Waals surface area contributed by atoms with Crippen molar-refractivity contribution in [3.63, 3.8) is 0 Å². The third-order valence-electron chi connectivity index (χ3n) is 3.65. The molecule has 0 amide bonds. The molecule has 1 aromatic carbocycles. The van der Waals surface area contributed by atoms with Crippen molar-refractivity contribution in [3.05, 3.63) is 27.8 Å². The molecule has 1 aliphatic heterocycles.